The number of carbonyl (C=O) groups excluding carboxylic acids is 2. The smallest absolute Gasteiger partial charge is 0.332 e. The molecule has 0 aliphatic carbocycles. The van der Waals surface area contributed by atoms with Crippen LogP contribution in [0.4, 0.5) is 0 Å². The molecule has 2 aliphatic heterocycles. The van der Waals surface area contributed by atoms with Crippen LogP contribution >= 0.6 is 11.6 Å². The van der Waals surface area contributed by atoms with Gasteiger partial charge in [0.05, 0.1) is 6.61 Å². The molecular weight excluding hydrogens is 430 g/mol. The normalized spacial score (nSPS) is 26.3. The van der Waals surface area contributed by atoms with Gasteiger partial charge in [0, 0.05) is 36.6 Å². The number of benzene rings is 2. The molecular formula is C25H26ClNO5. The Bertz CT molecular complexity index is 1010. The van der Waals surface area contributed by atoms with Gasteiger partial charge in [-0.15, -0.1) is 0 Å². The summed E-state index contributed by atoms with van der Waals surface area (Å²) in [6.07, 6.45) is 2.58. The second-order valence-electron chi connectivity index (χ2n) is 8.24. The fourth-order valence-electron chi connectivity index (χ4n) is 4.45. The summed E-state index contributed by atoms with van der Waals surface area (Å²) in [5, 5.41) is 0.648. The van der Waals surface area contributed by atoms with E-state index < -0.39 is 29.4 Å². The summed E-state index contributed by atoms with van der Waals surface area (Å²) in [6, 6.07) is 17.5. The highest BCUT2D eigenvalue weighted by Gasteiger charge is 2.53. The number of ether oxygens (including phenoxy) is 3. The molecule has 4 rings (SSSR count). The third kappa shape index (κ3) is 4.31. The van der Waals surface area contributed by atoms with E-state index in [1.807, 2.05) is 73.5 Å². The van der Waals surface area contributed by atoms with E-state index in [1.54, 1.807) is 0 Å². The number of likely N-dealkylation sites (N-methyl/N-ethyl adjacent to an activating group) is 1. The molecule has 3 atom stereocenters. The highest BCUT2D eigenvalue weighted by molar-refractivity contribution is 6.30. The van der Waals surface area contributed by atoms with Crippen molar-refractivity contribution in [3.63, 3.8) is 0 Å². The van der Waals surface area contributed by atoms with Crippen LogP contribution in [0.15, 0.2) is 66.7 Å². The molecule has 168 valence electrons. The molecule has 0 amide bonds. The van der Waals surface area contributed by atoms with Gasteiger partial charge in [0.1, 0.15) is 5.60 Å². The molecule has 1 saturated heterocycles. The van der Waals surface area contributed by atoms with E-state index in [1.165, 1.54) is 0 Å². The third-order valence-electron chi connectivity index (χ3n) is 6.34. The summed E-state index contributed by atoms with van der Waals surface area (Å²) in [5.74, 6) is -1.11. The van der Waals surface area contributed by atoms with Crippen LogP contribution in [0.3, 0.4) is 0 Å². The summed E-state index contributed by atoms with van der Waals surface area (Å²) in [4.78, 5) is 26.3. The van der Waals surface area contributed by atoms with Gasteiger partial charge in [-0.3, -0.25) is 4.90 Å². The van der Waals surface area contributed by atoms with E-state index in [-0.39, 0.29) is 6.61 Å². The Balaban J connectivity index is 1.60. The van der Waals surface area contributed by atoms with Crippen molar-refractivity contribution >= 4 is 23.5 Å². The molecule has 2 heterocycles. The highest BCUT2D eigenvalue weighted by Crippen LogP contribution is 2.39. The zero-order valence-corrected chi connectivity index (χ0v) is 18.9. The van der Waals surface area contributed by atoms with Crippen LogP contribution in [-0.2, 0) is 29.4 Å². The first-order chi connectivity index (χ1) is 15.3. The zero-order valence-electron chi connectivity index (χ0n) is 18.1. The van der Waals surface area contributed by atoms with Crippen LogP contribution in [-0.4, -0.2) is 48.9 Å². The first-order valence-corrected chi connectivity index (χ1v) is 11.0. The van der Waals surface area contributed by atoms with Crippen LogP contribution < -0.4 is 0 Å². The Kier molecular flexibility index (Phi) is 6.38. The van der Waals surface area contributed by atoms with Crippen molar-refractivity contribution in [2.24, 2.45) is 0 Å². The summed E-state index contributed by atoms with van der Waals surface area (Å²) < 4.78 is 17.9. The Labute approximate surface area is 192 Å². The maximum atomic E-state index is 12.3. The van der Waals surface area contributed by atoms with Gasteiger partial charge in [-0.25, -0.2) is 9.59 Å². The lowest BCUT2D eigenvalue weighted by atomic mass is 9.88. The van der Waals surface area contributed by atoms with Gasteiger partial charge >= 0.3 is 11.9 Å². The lowest BCUT2D eigenvalue weighted by Gasteiger charge is -2.40. The van der Waals surface area contributed by atoms with Crippen molar-refractivity contribution in [2.45, 2.75) is 37.2 Å². The molecule has 0 spiro atoms. The Morgan fingerprint density at radius 2 is 1.72 bits per heavy atom. The van der Waals surface area contributed by atoms with Gasteiger partial charge in [-0.2, -0.15) is 0 Å². The van der Waals surface area contributed by atoms with E-state index >= 15 is 0 Å². The standard InChI is InChI=1S/C25H26ClNO5/c1-24(18-6-4-3-5-7-18,19-8-10-20(26)11-9-19)30-17-15-25-21(14-16-27(25)2)31-22(28)12-13-23(29)32-25/h3-13,21H,14-17H2,1-2H3/b13-12+/t21?,24-,25-/m1/s1. The molecule has 0 aromatic heterocycles. The summed E-state index contributed by atoms with van der Waals surface area (Å²) in [6.45, 7) is 2.91. The quantitative estimate of drug-likeness (QED) is 0.612. The molecule has 7 heteroatoms. The van der Waals surface area contributed by atoms with Crippen LogP contribution in [0.1, 0.15) is 30.9 Å². The first-order valence-electron chi connectivity index (χ1n) is 10.6. The van der Waals surface area contributed by atoms with E-state index in [2.05, 4.69) is 0 Å². The topological polar surface area (TPSA) is 65.1 Å². The average molecular weight is 456 g/mol. The molecule has 0 bridgehead atoms. The Morgan fingerprint density at radius 1 is 1.06 bits per heavy atom. The fraction of sp³-hybridized carbons (Fsp3) is 0.360. The summed E-state index contributed by atoms with van der Waals surface area (Å²) in [5.41, 5.74) is 0.109. The summed E-state index contributed by atoms with van der Waals surface area (Å²) in [7, 11) is 1.86. The minimum atomic E-state index is -1.07. The second kappa shape index (κ2) is 9.06. The Morgan fingerprint density at radius 3 is 2.44 bits per heavy atom. The van der Waals surface area contributed by atoms with Crippen LogP contribution in [0.2, 0.25) is 5.02 Å². The predicted octanol–water partition coefficient (Wildman–Crippen LogP) is 4.07. The molecule has 2 aromatic rings. The minimum absolute atomic E-state index is 0.267. The number of halogens is 1. The number of hydrogen-bond acceptors (Lipinski definition) is 6. The van der Waals surface area contributed by atoms with E-state index in [4.69, 9.17) is 25.8 Å². The van der Waals surface area contributed by atoms with Crippen molar-refractivity contribution in [1.29, 1.82) is 0 Å². The number of carbonyl (C=O) groups is 2. The van der Waals surface area contributed by atoms with Crippen LogP contribution in [0, 0.1) is 0 Å². The largest absolute Gasteiger partial charge is 0.453 e. The molecule has 32 heavy (non-hydrogen) atoms. The SMILES string of the molecule is CN1CCC2OC(=O)/C=C/C(=O)O[C@]21CCO[C@](C)(c1ccccc1)c1ccc(Cl)cc1. The third-order valence-corrected chi connectivity index (χ3v) is 6.59. The van der Waals surface area contributed by atoms with Crippen molar-refractivity contribution in [3.8, 4) is 0 Å². The first kappa shape index (κ1) is 22.5. The van der Waals surface area contributed by atoms with Crippen molar-refractivity contribution in [2.75, 3.05) is 20.2 Å². The number of nitrogens with zero attached hydrogens (tertiary/aromatic N) is 1. The van der Waals surface area contributed by atoms with Gasteiger partial charge in [-0.1, -0.05) is 54.1 Å². The van der Waals surface area contributed by atoms with Crippen LogP contribution in [0.25, 0.3) is 0 Å². The summed E-state index contributed by atoms with van der Waals surface area (Å²) >= 11 is 6.10. The number of esters is 2. The lowest BCUT2D eigenvalue weighted by molar-refractivity contribution is -0.207. The van der Waals surface area contributed by atoms with Crippen molar-refractivity contribution in [1.82, 2.24) is 4.90 Å². The molecule has 0 radical (unpaired) electrons. The van der Waals surface area contributed by atoms with Gasteiger partial charge in [0.25, 0.3) is 0 Å². The monoisotopic (exact) mass is 455 g/mol. The number of hydrogen-bond donors (Lipinski definition) is 0. The second-order valence-corrected chi connectivity index (χ2v) is 8.68. The highest BCUT2D eigenvalue weighted by atomic mass is 35.5. The minimum Gasteiger partial charge on any atom is -0.453 e. The van der Waals surface area contributed by atoms with E-state index in [0.29, 0.717) is 24.4 Å². The zero-order chi connectivity index (χ0) is 22.8. The molecule has 1 unspecified atom stereocenters. The molecule has 2 aliphatic rings. The molecule has 0 N–H and O–H groups in total. The van der Waals surface area contributed by atoms with Crippen LogP contribution in [0.5, 0.6) is 0 Å². The lowest BCUT2D eigenvalue weighted by Crippen LogP contribution is -2.54. The maximum absolute atomic E-state index is 12.3. The predicted molar refractivity (Wildman–Crippen MR) is 120 cm³/mol. The number of fused-ring (bicyclic) bond motifs is 1. The van der Waals surface area contributed by atoms with Gasteiger partial charge in [0.2, 0.25) is 5.72 Å². The van der Waals surface area contributed by atoms with E-state index in [9.17, 15) is 9.59 Å². The molecule has 1 fully saturated rings. The maximum Gasteiger partial charge on any atom is 0.332 e. The number of likely N-dealkylation sites (tertiary alicyclic amines) is 1. The van der Waals surface area contributed by atoms with Crippen molar-refractivity contribution < 1.29 is 23.8 Å². The van der Waals surface area contributed by atoms with Gasteiger partial charge in [0.15, 0.2) is 6.10 Å². The van der Waals surface area contributed by atoms with Gasteiger partial charge in [-0.05, 0) is 37.2 Å². The Hall–Kier alpha value is -2.67. The number of rotatable bonds is 6. The van der Waals surface area contributed by atoms with Gasteiger partial charge < -0.3 is 14.2 Å². The average Bonchev–Trinajstić information content (AvgIpc) is 3.06. The molecule has 6 nitrogen and oxygen atoms in total. The molecule has 0 saturated carbocycles. The fourth-order valence-corrected chi connectivity index (χ4v) is 4.58. The van der Waals surface area contributed by atoms with Crippen molar-refractivity contribution in [3.05, 3.63) is 82.9 Å². The van der Waals surface area contributed by atoms with E-state index in [0.717, 1.165) is 23.3 Å². The molecule has 2 aromatic carbocycles.